The van der Waals surface area contributed by atoms with E-state index in [2.05, 4.69) is 17.6 Å². The largest absolute Gasteiger partial charge is 0.396 e. The number of likely N-dealkylation sites (tertiary alicyclic amines) is 1. The van der Waals surface area contributed by atoms with Gasteiger partial charge in [-0.05, 0) is 31.6 Å². The van der Waals surface area contributed by atoms with E-state index in [1.54, 1.807) is 11.9 Å². The molecule has 0 saturated carbocycles. The maximum Gasteiger partial charge on any atom is 0.243 e. The van der Waals surface area contributed by atoms with Gasteiger partial charge in [0, 0.05) is 32.7 Å². The number of carbonyl (C=O) groups is 3. The molecule has 1 aliphatic heterocycles. The number of unbranched alkanes of at least 4 members (excludes halogenated alkanes) is 3. The number of aliphatic hydroxyl groups is 1. The van der Waals surface area contributed by atoms with Gasteiger partial charge < -0.3 is 20.6 Å². The van der Waals surface area contributed by atoms with Crippen LogP contribution in [0.1, 0.15) is 46.0 Å². The minimum absolute atomic E-state index is 0.0525. The fourth-order valence-corrected chi connectivity index (χ4v) is 4.46. The second-order valence-corrected chi connectivity index (χ2v) is 7.89. The lowest BCUT2D eigenvalue weighted by Gasteiger charge is -2.32. The summed E-state index contributed by atoms with van der Waals surface area (Å²) in [5.74, 6) is -1.68. The van der Waals surface area contributed by atoms with Gasteiger partial charge in [0.05, 0.1) is 11.8 Å². The Hall–Kier alpha value is -1.89. The molecule has 5 atom stereocenters. The Balaban J connectivity index is 2.26. The smallest absolute Gasteiger partial charge is 0.243 e. The van der Waals surface area contributed by atoms with Crippen molar-refractivity contribution in [2.45, 2.75) is 52.0 Å². The molecule has 2 rings (SSSR count). The molecule has 1 aliphatic carbocycles. The van der Waals surface area contributed by atoms with Gasteiger partial charge in [0.15, 0.2) is 0 Å². The third-order valence-electron chi connectivity index (χ3n) is 5.98. The van der Waals surface area contributed by atoms with Crippen molar-refractivity contribution >= 4 is 17.7 Å². The van der Waals surface area contributed by atoms with Gasteiger partial charge in [0.2, 0.25) is 17.7 Å². The summed E-state index contributed by atoms with van der Waals surface area (Å²) in [6.07, 6.45) is 8.02. The van der Waals surface area contributed by atoms with Crippen molar-refractivity contribution in [3.8, 4) is 0 Å². The van der Waals surface area contributed by atoms with Gasteiger partial charge in [-0.2, -0.15) is 0 Å². The number of rotatable bonds is 10. The fourth-order valence-electron chi connectivity index (χ4n) is 4.46. The molecule has 0 aromatic carbocycles. The van der Waals surface area contributed by atoms with Crippen LogP contribution in [0.4, 0.5) is 0 Å². The third kappa shape index (κ3) is 4.74. The molecule has 0 aromatic heterocycles. The third-order valence-corrected chi connectivity index (χ3v) is 5.98. The Bertz CT molecular complexity index is 592. The number of nitrogens with one attached hydrogen (secondary N) is 2. The molecule has 0 bridgehead atoms. The number of hydrogen-bond donors (Lipinski definition) is 3. The van der Waals surface area contributed by atoms with Crippen LogP contribution in [0.15, 0.2) is 12.2 Å². The summed E-state index contributed by atoms with van der Waals surface area (Å²) in [5.41, 5.74) is 0. The molecule has 2 aliphatic rings. The van der Waals surface area contributed by atoms with E-state index in [0.717, 1.165) is 25.7 Å². The summed E-state index contributed by atoms with van der Waals surface area (Å²) in [6.45, 7) is 5.20. The number of carbonyl (C=O) groups excluding carboxylic acids is 3. The molecule has 3 amide bonds. The summed E-state index contributed by atoms with van der Waals surface area (Å²) in [5, 5.41) is 14.7. The monoisotopic (exact) mass is 393 g/mol. The standard InChI is InChI=1S/C21H35N3O4/c1-4-5-11-23-20(27)18-15-10-9-14(2)16(19(26)22-3)17(15)21(28)24(18)12-7-6-8-13-25/h9-10,14-18,25H,4-8,11-13H2,1-3H3,(H,22,26)(H,23,27)/t14-,15+,16-,17+,18+/m1/s1. The molecular weight excluding hydrogens is 358 g/mol. The second-order valence-electron chi connectivity index (χ2n) is 7.89. The summed E-state index contributed by atoms with van der Waals surface area (Å²) >= 11 is 0. The predicted molar refractivity (Wildman–Crippen MR) is 107 cm³/mol. The van der Waals surface area contributed by atoms with E-state index in [1.807, 2.05) is 19.1 Å². The first-order valence-corrected chi connectivity index (χ1v) is 10.6. The minimum Gasteiger partial charge on any atom is -0.396 e. The highest BCUT2D eigenvalue weighted by atomic mass is 16.3. The Morgan fingerprint density at radius 3 is 2.54 bits per heavy atom. The SMILES string of the molecule is CCCCNC(=O)[C@@H]1[C@H]2C=C[C@@H](C)[C@@H](C(=O)NC)[C@H]2C(=O)N1CCCCCO. The van der Waals surface area contributed by atoms with Crippen molar-refractivity contribution in [2.75, 3.05) is 26.7 Å². The second kappa shape index (κ2) is 10.6. The van der Waals surface area contributed by atoms with Crippen LogP contribution in [0, 0.1) is 23.7 Å². The minimum atomic E-state index is -0.570. The number of amides is 3. The van der Waals surface area contributed by atoms with E-state index in [9.17, 15) is 14.4 Å². The summed E-state index contributed by atoms with van der Waals surface area (Å²) < 4.78 is 0. The van der Waals surface area contributed by atoms with E-state index >= 15 is 0 Å². The Kier molecular flexibility index (Phi) is 8.48. The van der Waals surface area contributed by atoms with Crippen molar-refractivity contribution in [3.63, 3.8) is 0 Å². The van der Waals surface area contributed by atoms with Gasteiger partial charge in [0.1, 0.15) is 6.04 Å². The summed E-state index contributed by atoms with van der Waals surface area (Å²) in [6, 6.07) is -0.570. The normalized spacial score (nSPS) is 28.9. The number of fused-ring (bicyclic) bond motifs is 1. The lowest BCUT2D eigenvalue weighted by molar-refractivity contribution is -0.140. The molecule has 0 aromatic rings. The van der Waals surface area contributed by atoms with Gasteiger partial charge in [-0.15, -0.1) is 0 Å². The van der Waals surface area contributed by atoms with Crippen LogP contribution in [0.5, 0.6) is 0 Å². The Morgan fingerprint density at radius 2 is 1.89 bits per heavy atom. The summed E-state index contributed by atoms with van der Waals surface area (Å²) in [4.78, 5) is 40.5. The quantitative estimate of drug-likeness (QED) is 0.382. The molecule has 1 saturated heterocycles. The molecule has 0 radical (unpaired) electrons. The number of aliphatic hydroxyl groups excluding tert-OH is 1. The van der Waals surface area contributed by atoms with Crippen LogP contribution in [0.25, 0.3) is 0 Å². The molecule has 0 unspecified atom stereocenters. The number of hydrogen-bond acceptors (Lipinski definition) is 4. The molecule has 0 spiro atoms. The highest BCUT2D eigenvalue weighted by Crippen LogP contribution is 2.43. The fraction of sp³-hybridized carbons (Fsp3) is 0.762. The summed E-state index contributed by atoms with van der Waals surface area (Å²) in [7, 11) is 1.59. The maximum absolute atomic E-state index is 13.3. The first-order chi connectivity index (χ1) is 13.5. The van der Waals surface area contributed by atoms with E-state index in [-0.39, 0.29) is 36.2 Å². The molecule has 158 valence electrons. The molecule has 7 heteroatoms. The van der Waals surface area contributed by atoms with Gasteiger partial charge >= 0.3 is 0 Å². The molecule has 7 nitrogen and oxygen atoms in total. The van der Waals surface area contributed by atoms with Crippen molar-refractivity contribution in [3.05, 3.63) is 12.2 Å². The average molecular weight is 394 g/mol. The van der Waals surface area contributed by atoms with Crippen molar-refractivity contribution in [1.82, 2.24) is 15.5 Å². The molecule has 3 N–H and O–H groups in total. The van der Waals surface area contributed by atoms with Crippen molar-refractivity contribution in [2.24, 2.45) is 23.7 Å². The average Bonchev–Trinajstić information content (AvgIpc) is 2.97. The lowest BCUT2D eigenvalue weighted by atomic mass is 9.70. The lowest BCUT2D eigenvalue weighted by Crippen LogP contribution is -2.47. The zero-order chi connectivity index (χ0) is 20.7. The van der Waals surface area contributed by atoms with E-state index < -0.39 is 17.9 Å². The highest BCUT2D eigenvalue weighted by Gasteiger charge is 2.56. The van der Waals surface area contributed by atoms with Crippen molar-refractivity contribution in [1.29, 1.82) is 0 Å². The van der Waals surface area contributed by atoms with Crippen molar-refractivity contribution < 1.29 is 19.5 Å². The van der Waals surface area contributed by atoms with Crippen LogP contribution in [0.3, 0.4) is 0 Å². The van der Waals surface area contributed by atoms with Crippen LogP contribution >= 0.6 is 0 Å². The topological polar surface area (TPSA) is 98.7 Å². The van der Waals surface area contributed by atoms with Crippen LogP contribution in [-0.4, -0.2) is 60.5 Å². The van der Waals surface area contributed by atoms with Crippen LogP contribution in [-0.2, 0) is 14.4 Å². The Labute approximate surface area is 167 Å². The number of allylic oxidation sites excluding steroid dienone is 1. The molecule has 1 heterocycles. The van der Waals surface area contributed by atoms with Gasteiger partial charge in [0.25, 0.3) is 0 Å². The van der Waals surface area contributed by atoms with Crippen LogP contribution in [0.2, 0.25) is 0 Å². The predicted octanol–water partition coefficient (Wildman–Crippen LogP) is 1.08. The van der Waals surface area contributed by atoms with Gasteiger partial charge in [-0.3, -0.25) is 14.4 Å². The number of nitrogens with zero attached hydrogens (tertiary/aromatic N) is 1. The van der Waals surface area contributed by atoms with E-state index in [1.165, 1.54) is 0 Å². The van der Waals surface area contributed by atoms with E-state index in [0.29, 0.717) is 19.5 Å². The molecule has 28 heavy (non-hydrogen) atoms. The van der Waals surface area contributed by atoms with Gasteiger partial charge in [-0.1, -0.05) is 32.4 Å². The van der Waals surface area contributed by atoms with E-state index in [4.69, 9.17) is 5.11 Å². The maximum atomic E-state index is 13.3. The molecular formula is C21H35N3O4. The first kappa shape index (κ1) is 22.4. The highest BCUT2D eigenvalue weighted by molar-refractivity contribution is 5.96. The zero-order valence-electron chi connectivity index (χ0n) is 17.3. The first-order valence-electron chi connectivity index (χ1n) is 10.6. The molecule has 1 fully saturated rings. The zero-order valence-corrected chi connectivity index (χ0v) is 17.3. The van der Waals surface area contributed by atoms with Gasteiger partial charge in [-0.25, -0.2) is 0 Å². The van der Waals surface area contributed by atoms with Crippen LogP contribution < -0.4 is 10.6 Å². The Morgan fingerprint density at radius 1 is 1.14 bits per heavy atom.